The summed E-state index contributed by atoms with van der Waals surface area (Å²) in [5.74, 6) is 0. The number of hydrogen-bond acceptors (Lipinski definition) is 2. The van der Waals surface area contributed by atoms with Crippen LogP contribution in [0.15, 0.2) is 226 Å². The second-order valence-electron chi connectivity index (χ2n) is 15.0. The minimum absolute atomic E-state index is 0.408. The average molecular weight is 751 g/mol. The highest BCUT2D eigenvalue weighted by Gasteiger charge is 2.41. The molecule has 0 heterocycles. The van der Waals surface area contributed by atoms with Gasteiger partial charge in [0.25, 0.3) is 0 Å². The number of allylic oxidation sites excluding steroid dienone is 6. The first-order valence-corrected chi connectivity index (χ1v) is 20.4. The van der Waals surface area contributed by atoms with E-state index in [9.17, 15) is 0 Å². The molecule has 58 heavy (non-hydrogen) atoms. The van der Waals surface area contributed by atoms with Crippen molar-refractivity contribution in [2.45, 2.75) is 38.0 Å². The highest BCUT2D eigenvalue weighted by atomic mass is 15.1. The Labute approximate surface area is 345 Å². The van der Waals surface area contributed by atoms with Gasteiger partial charge in [-0.05, 0) is 144 Å². The molecular weight excluding hydrogens is 701 g/mol. The Hall–Kier alpha value is -6.90. The molecular formula is C56H50N2. The molecule has 0 unspecified atom stereocenters. The van der Waals surface area contributed by atoms with Crippen molar-refractivity contribution in [3.63, 3.8) is 0 Å². The molecule has 7 aromatic rings. The molecule has 0 bridgehead atoms. The number of nitrogens with zero attached hydrogens (tertiary/aromatic N) is 2. The fourth-order valence-corrected chi connectivity index (χ4v) is 8.42. The van der Waals surface area contributed by atoms with Crippen LogP contribution in [0.4, 0.5) is 34.1 Å². The predicted molar refractivity (Wildman–Crippen MR) is 249 cm³/mol. The minimum atomic E-state index is -0.408. The SMILES string of the molecule is C=C/C=C/CCc1ccc(N(c2ccccc2)c2ccc3c(c2)C(C)(c2ccccc2)c2cc(N(c4ccccc4)c4ccc(CC/C=C/C=C)cc4)ccc2-3)cc1. The van der Waals surface area contributed by atoms with Crippen LogP contribution in [0.25, 0.3) is 11.1 Å². The van der Waals surface area contributed by atoms with E-state index in [4.69, 9.17) is 0 Å². The van der Waals surface area contributed by atoms with Crippen molar-refractivity contribution in [2.75, 3.05) is 9.80 Å². The molecule has 0 aromatic heterocycles. The number of fused-ring (bicyclic) bond motifs is 3. The summed E-state index contributed by atoms with van der Waals surface area (Å²) in [5, 5.41) is 0. The van der Waals surface area contributed by atoms with Gasteiger partial charge in [0.1, 0.15) is 0 Å². The molecule has 0 saturated carbocycles. The fraction of sp³-hybridized carbons (Fsp3) is 0.107. The van der Waals surface area contributed by atoms with Crippen LogP contribution in [0.5, 0.6) is 0 Å². The predicted octanol–water partition coefficient (Wildman–Crippen LogP) is 15.3. The van der Waals surface area contributed by atoms with Gasteiger partial charge in [0.15, 0.2) is 0 Å². The summed E-state index contributed by atoms with van der Waals surface area (Å²) in [6.07, 6.45) is 16.0. The first-order valence-electron chi connectivity index (χ1n) is 20.4. The van der Waals surface area contributed by atoms with Crippen LogP contribution in [0, 0.1) is 0 Å². The van der Waals surface area contributed by atoms with Crippen molar-refractivity contribution >= 4 is 34.1 Å². The molecule has 2 nitrogen and oxygen atoms in total. The lowest BCUT2D eigenvalue weighted by Gasteiger charge is -2.32. The van der Waals surface area contributed by atoms with E-state index in [0.717, 1.165) is 59.8 Å². The molecule has 1 aliphatic rings. The highest BCUT2D eigenvalue weighted by Crippen LogP contribution is 2.55. The zero-order chi connectivity index (χ0) is 39.7. The summed E-state index contributed by atoms with van der Waals surface area (Å²) < 4.78 is 0. The van der Waals surface area contributed by atoms with E-state index in [1.54, 1.807) is 0 Å². The lowest BCUT2D eigenvalue weighted by atomic mass is 9.74. The Bertz CT molecular complexity index is 2370. The standard InChI is InChI=1S/C56H50N2/c1-4-6-8-13-21-43-29-33-48(34-30-43)57(46-25-17-11-18-26-46)50-37-39-52-53-40-38-51(42-55(53)56(3,54(52)41-50)45-23-15-10-16-24-45)58(47-27-19-12-20-28-47)49-35-31-44(32-36-49)22-14-9-7-5-2/h4-12,15-20,23-42H,1-2,13-14,21-22H2,3H3/b8-6+,9-7+. The summed E-state index contributed by atoms with van der Waals surface area (Å²) >= 11 is 0. The molecule has 0 fully saturated rings. The van der Waals surface area contributed by atoms with E-state index < -0.39 is 5.41 Å². The summed E-state index contributed by atoms with van der Waals surface area (Å²) in [7, 11) is 0. The first kappa shape index (κ1) is 38.0. The third kappa shape index (κ3) is 7.75. The van der Waals surface area contributed by atoms with Gasteiger partial charge in [-0.3, -0.25) is 0 Å². The monoisotopic (exact) mass is 750 g/mol. The van der Waals surface area contributed by atoms with E-state index in [1.807, 2.05) is 24.3 Å². The van der Waals surface area contributed by atoms with Crippen LogP contribution in [0.1, 0.15) is 47.6 Å². The second kappa shape index (κ2) is 17.5. The topological polar surface area (TPSA) is 6.48 Å². The first-order chi connectivity index (χ1) is 28.6. The highest BCUT2D eigenvalue weighted by molar-refractivity contribution is 5.90. The Morgan fingerprint density at radius 2 is 0.793 bits per heavy atom. The van der Waals surface area contributed by atoms with Gasteiger partial charge in [-0.25, -0.2) is 0 Å². The minimum Gasteiger partial charge on any atom is -0.310 e. The van der Waals surface area contributed by atoms with Crippen molar-refractivity contribution < 1.29 is 0 Å². The fourth-order valence-electron chi connectivity index (χ4n) is 8.42. The molecule has 2 heteroatoms. The van der Waals surface area contributed by atoms with E-state index in [2.05, 4.69) is 218 Å². The number of rotatable bonds is 15. The Morgan fingerprint density at radius 3 is 1.19 bits per heavy atom. The van der Waals surface area contributed by atoms with Crippen LogP contribution in [0.2, 0.25) is 0 Å². The van der Waals surface area contributed by atoms with Crippen LogP contribution >= 0.6 is 0 Å². The maximum absolute atomic E-state index is 3.80. The van der Waals surface area contributed by atoms with Gasteiger partial charge in [-0.15, -0.1) is 0 Å². The van der Waals surface area contributed by atoms with Crippen molar-refractivity contribution in [1.82, 2.24) is 0 Å². The quantitative estimate of drug-likeness (QED) is 0.0963. The van der Waals surface area contributed by atoms with Crippen molar-refractivity contribution in [3.05, 3.63) is 253 Å². The maximum atomic E-state index is 3.80. The number of para-hydroxylation sites is 2. The Balaban J connectivity index is 1.22. The number of anilines is 6. The molecule has 0 amide bonds. The number of benzene rings is 7. The van der Waals surface area contributed by atoms with Crippen molar-refractivity contribution in [3.8, 4) is 11.1 Å². The number of aryl methyl sites for hydroxylation is 2. The summed E-state index contributed by atoms with van der Waals surface area (Å²) in [6.45, 7) is 10.0. The largest absolute Gasteiger partial charge is 0.310 e. The molecule has 284 valence electrons. The van der Waals surface area contributed by atoms with Gasteiger partial charge in [0.2, 0.25) is 0 Å². The van der Waals surface area contributed by atoms with Gasteiger partial charge in [0, 0.05) is 39.5 Å². The molecule has 0 saturated heterocycles. The molecule has 7 aromatic carbocycles. The normalized spacial score (nSPS) is 12.6. The van der Waals surface area contributed by atoms with Crippen molar-refractivity contribution in [1.29, 1.82) is 0 Å². The molecule has 0 radical (unpaired) electrons. The van der Waals surface area contributed by atoms with E-state index in [1.165, 1.54) is 38.9 Å². The van der Waals surface area contributed by atoms with Gasteiger partial charge in [0.05, 0.1) is 0 Å². The lowest BCUT2D eigenvalue weighted by molar-refractivity contribution is 0.714. The lowest BCUT2D eigenvalue weighted by Crippen LogP contribution is -2.23. The maximum Gasteiger partial charge on any atom is 0.0465 e. The molecule has 8 rings (SSSR count). The molecule has 0 atom stereocenters. The summed E-state index contributed by atoms with van der Waals surface area (Å²) in [5.41, 5.74) is 15.4. The van der Waals surface area contributed by atoms with Gasteiger partial charge >= 0.3 is 0 Å². The van der Waals surface area contributed by atoms with Gasteiger partial charge < -0.3 is 9.80 Å². The Kier molecular flexibility index (Phi) is 11.5. The van der Waals surface area contributed by atoms with Crippen LogP contribution in [-0.4, -0.2) is 0 Å². The molecule has 0 N–H and O–H groups in total. The molecule has 0 spiro atoms. The van der Waals surface area contributed by atoms with Gasteiger partial charge in [-0.1, -0.05) is 153 Å². The third-order valence-electron chi connectivity index (χ3n) is 11.4. The third-order valence-corrected chi connectivity index (χ3v) is 11.4. The second-order valence-corrected chi connectivity index (χ2v) is 15.0. The molecule has 1 aliphatic carbocycles. The number of hydrogen-bond donors (Lipinski definition) is 0. The van der Waals surface area contributed by atoms with Gasteiger partial charge in [-0.2, -0.15) is 0 Å². The zero-order valence-corrected chi connectivity index (χ0v) is 33.3. The van der Waals surface area contributed by atoms with Crippen LogP contribution < -0.4 is 9.80 Å². The Morgan fingerprint density at radius 1 is 0.431 bits per heavy atom. The molecule has 0 aliphatic heterocycles. The summed E-state index contributed by atoms with van der Waals surface area (Å²) in [4.78, 5) is 4.77. The van der Waals surface area contributed by atoms with Crippen molar-refractivity contribution in [2.24, 2.45) is 0 Å². The van der Waals surface area contributed by atoms with E-state index in [0.29, 0.717) is 0 Å². The smallest absolute Gasteiger partial charge is 0.0465 e. The van der Waals surface area contributed by atoms with Crippen LogP contribution in [-0.2, 0) is 18.3 Å². The van der Waals surface area contributed by atoms with Crippen LogP contribution in [0.3, 0.4) is 0 Å². The summed E-state index contributed by atoms with van der Waals surface area (Å²) in [6, 6.07) is 64.7. The van der Waals surface area contributed by atoms with E-state index >= 15 is 0 Å². The zero-order valence-electron chi connectivity index (χ0n) is 33.3. The van der Waals surface area contributed by atoms with E-state index in [-0.39, 0.29) is 0 Å². The average Bonchev–Trinajstić information content (AvgIpc) is 3.53.